The normalized spacial score (nSPS) is 9.73. The Labute approximate surface area is 91.2 Å². The van der Waals surface area contributed by atoms with Crippen LogP contribution in [0.5, 0.6) is 5.75 Å². The average molecular weight is 206 g/mol. The highest BCUT2D eigenvalue weighted by molar-refractivity contribution is 5.40. The second-order valence-corrected chi connectivity index (χ2v) is 3.46. The highest BCUT2D eigenvalue weighted by atomic mass is 16.5. The van der Waals surface area contributed by atoms with E-state index >= 15 is 0 Å². The van der Waals surface area contributed by atoms with Crippen molar-refractivity contribution < 1.29 is 4.74 Å². The molecule has 0 aliphatic rings. The highest BCUT2D eigenvalue weighted by Crippen LogP contribution is 2.14. The Morgan fingerprint density at radius 3 is 3.07 bits per heavy atom. The van der Waals surface area contributed by atoms with E-state index < -0.39 is 0 Å². The lowest BCUT2D eigenvalue weighted by atomic mass is 10.3. The molecule has 0 unspecified atom stereocenters. The van der Waals surface area contributed by atoms with Crippen molar-refractivity contribution in [1.29, 1.82) is 0 Å². The Kier molecular flexibility index (Phi) is 4.68. The van der Waals surface area contributed by atoms with Gasteiger partial charge in [-0.1, -0.05) is 5.57 Å². The van der Waals surface area contributed by atoms with Crippen molar-refractivity contribution in [2.45, 2.75) is 20.3 Å². The number of rotatable bonds is 6. The summed E-state index contributed by atoms with van der Waals surface area (Å²) >= 11 is 0. The van der Waals surface area contributed by atoms with Crippen LogP contribution in [0.25, 0.3) is 0 Å². The maximum atomic E-state index is 5.56. The third-order valence-electron chi connectivity index (χ3n) is 1.89. The molecule has 0 aromatic carbocycles. The number of nitrogens with zero attached hydrogens (tertiary/aromatic N) is 1. The summed E-state index contributed by atoms with van der Waals surface area (Å²) < 4.78 is 5.56. The van der Waals surface area contributed by atoms with Crippen LogP contribution in [-0.2, 0) is 0 Å². The minimum atomic E-state index is 0.672. The largest absolute Gasteiger partial charge is 0.493 e. The number of ether oxygens (including phenoxy) is 1. The SMILES string of the molecule is C=C(C)CCOc1ccnc(NCC)c1. The molecule has 3 nitrogen and oxygen atoms in total. The molecule has 1 heterocycles. The minimum absolute atomic E-state index is 0.672. The maximum Gasteiger partial charge on any atom is 0.129 e. The van der Waals surface area contributed by atoms with Crippen molar-refractivity contribution in [3.8, 4) is 5.75 Å². The van der Waals surface area contributed by atoms with E-state index in [0.717, 1.165) is 30.1 Å². The molecule has 0 fully saturated rings. The zero-order valence-corrected chi connectivity index (χ0v) is 9.42. The van der Waals surface area contributed by atoms with E-state index in [4.69, 9.17) is 4.74 Å². The van der Waals surface area contributed by atoms with Crippen LogP contribution >= 0.6 is 0 Å². The summed E-state index contributed by atoms with van der Waals surface area (Å²) in [6, 6.07) is 3.77. The third kappa shape index (κ3) is 4.49. The van der Waals surface area contributed by atoms with Crippen LogP contribution in [0.15, 0.2) is 30.5 Å². The molecule has 3 heteroatoms. The summed E-state index contributed by atoms with van der Waals surface area (Å²) in [5, 5.41) is 3.14. The van der Waals surface area contributed by atoms with Crippen LogP contribution in [0.1, 0.15) is 20.3 Å². The number of nitrogens with one attached hydrogen (secondary N) is 1. The molecule has 0 spiro atoms. The quantitative estimate of drug-likeness (QED) is 0.727. The van der Waals surface area contributed by atoms with Crippen LogP contribution in [0.3, 0.4) is 0 Å². The molecule has 0 aliphatic carbocycles. The molecule has 0 saturated heterocycles. The van der Waals surface area contributed by atoms with Gasteiger partial charge in [0.2, 0.25) is 0 Å². The van der Waals surface area contributed by atoms with Gasteiger partial charge in [0.15, 0.2) is 0 Å². The molecule has 0 radical (unpaired) electrons. The van der Waals surface area contributed by atoms with Crippen LogP contribution in [-0.4, -0.2) is 18.1 Å². The Hall–Kier alpha value is -1.51. The highest BCUT2D eigenvalue weighted by Gasteiger charge is 1.96. The fourth-order valence-electron chi connectivity index (χ4n) is 1.12. The predicted octanol–water partition coefficient (Wildman–Crippen LogP) is 2.86. The first-order valence-electron chi connectivity index (χ1n) is 5.19. The average Bonchev–Trinajstić information content (AvgIpc) is 2.18. The fraction of sp³-hybridized carbons (Fsp3) is 0.417. The van der Waals surface area contributed by atoms with Crippen molar-refractivity contribution in [1.82, 2.24) is 4.98 Å². The molecule has 0 aliphatic heterocycles. The van der Waals surface area contributed by atoms with Gasteiger partial charge >= 0.3 is 0 Å². The second kappa shape index (κ2) is 6.06. The zero-order chi connectivity index (χ0) is 11.1. The Balaban J connectivity index is 2.46. The van der Waals surface area contributed by atoms with Gasteiger partial charge < -0.3 is 10.1 Å². The van der Waals surface area contributed by atoms with E-state index in [2.05, 4.69) is 16.9 Å². The van der Waals surface area contributed by atoms with E-state index in [9.17, 15) is 0 Å². The number of pyridine rings is 1. The molecule has 1 N–H and O–H groups in total. The molecule has 1 rings (SSSR count). The molecule has 0 bridgehead atoms. The molecule has 0 saturated carbocycles. The smallest absolute Gasteiger partial charge is 0.129 e. The Bertz CT molecular complexity index is 323. The van der Waals surface area contributed by atoms with Gasteiger partial charge in [-0.2, -0.15) is 0 Å². The van der Waals surface area contributed by atoms with Gasteiger partial charge in [-0.3, -0.25) is 0 Å². The summed E-state index contributed by atoms with van der Waals surface area (Å²) in [6.45, 7) is 9.40. The molecule has 15 heavy (non-hydrogen) atoms. The first kappa shape index (κ1) is 11.6. The summed E-state index contributed by atoms with van der Waals surface area (Å²) in [4.78, 5) is 4.16. The van der Waals surface area contributed by atoms with Crippen molar-refractivity contribution in [3.63, 3.8) is 0 Å². The molecule has 1 aromatic heterocycles. The molecule has 0 amide bonds. The first-order chi connectivity index (χ1) is 7.22. The van der Waals surface area contributed by atoms with E-state index in [-0.39, 0.29) is 0 Å². The predicted molar refractivity (Wildman–Crippen MR) is 63.3 cm³/mol. The van der Waals surface area contributed by atoms with Gasteiger partial charge in [0.25, 0.3) is 0 Å². The summed E-state index contributed by atoms with van der Waals surface area (Å²) in [5.41, 5.74) is 1.14. The van der Waals surface area contributed by atoms with Crippen molar-refractivity contribution in [2.75, 3.05) is 18.5 Å². The van der Waals surface area contributed by atoms with Crippen LogP contribution < -0.4 is 10.1 Å². The van der Waals surface area contributed by atoms with Crippen LogP contribution in [0, 0.1) is 0 Å². The standard InChI is InChI=1S/C12H18N2O/c1-4-13-12-9-11(5-7-14-12)15-8-6-10(2)3/h5,7,9H,2,4,6,8H2,1,3H3,(H,13,14). The molecular formula is C12H18N2O. The number of hydrogen-bond donors (Lipinski definition) is 1. The van der Waals surface area contributed by atoms with Crippen LogP contribution in [0.4, 0.5) is 5.82 Å². The molecule has 82 valence electrons. The zero-order valence-electron chi connectivity index (χ0n) is 9.42. The number of anilines is 1. The fourth-order valence-corrected chi connectivity index (χ4v) is 1.12. The number of aromatic nitrogens is 1. The summed E-state index contributed by atoms with van der Waals surface area (Å²) in [5.74, 6) is 1.70. The van der Waals surface area contributed by atoms with Gasteiger partial charge in [0, 0.05) is 25.2 Å². The monoisotopic (exact) mass is 206 g/mol. The topological polar surface area (TPSA) is 34.1 Å². The molecular weight excluding hydrogens is 188 g/mol. The van der Waals surface area contributed by atoms with Gasteiger partial charge in [-0.05, 0) is 19.9 Å². The van der Waals surface area contributed by atoms with E-state index in [0.29, 0.717) is 6.61 Å². The second-order valence-electron chi connectivity index (χ2n) is 3.46. The maximum absolute atomic E-state index is 5.56. The van der Waals surface area contributed by atoms with Gasteiger partial charge in [0.1, 0.15) is 11.6 Å². The number of hydrogen-bond acceptors (Lipinski definition) is 3. The summed E-state index contributed by atoms with van der Waals surface area (Å²) in [7, 11) is 0. The van der Waals surface area contributed by atoms with Gasteiger partial charge in [0.05, 0.1) is 6.61 Å². The lowest BCUT2D eigenvalue weighted by molar-refractivity contribution is 0.321. The lowest BCUT2D eigenvalue weighted by Crippen LogP contribution is -2.01. The Morgan fingerprint density at radius 1 is 1.60 bits per heavy atom. The third-order valence-corrected chi connectivity index (χ3v) is 1.89. The van der Waals surface area contributed by atoms with Crippen LogP contribution in [0.2, 0.25) is 0 Å². The molecule has 0 atom stereocenters. The van der Waals surface area contributed by atoms with E-state index in [1.165, 1.54) is 0 Å². The molecule has 1 aromatic rings. The van der Waals surface area contributed by atoms with E-state index in [1.807, 2.05) is 26.0 Å². The van der Waals surface area contributed by atoms with Gasteiger partial charge in [-0.25, -0.2) is 4.98 Å². The van der Waals surface area contributed by atoms with Crippen molar-refractivity contribution in [2.24, 2.45) is 0 Å². The van der Waals surface area contributed by atoms with E-state index in [1.54, 1.807) is 6.20 Å². The Morgan fingerprint density at radius 2 is 2.40 bits per heavy atom. The first-order valence-corrected chi connectivity index (χ1v) is 5.19. The van der Waals surface area contributed by atoms with Crippen molar-refractivity contribution in [3.05, 3.63) is 30.5 Å². The van der Waals surface area contributed by atoms with Gasteiger partial charge in [-0.15, -0.1) is 6.58 Å². The summed E-state index contributed by atoms with van der Waals surface area (Å²) in [6.07, 6.45) is 2.63. The van der Waals surface area contributed by atoms with Crippen molar-refractivity contribution >= 4 is 5.82 Å². The lowest BCUT2D eigenvalue weighted by Gasteiger charge is -2.07. The minimum Gasteiger partial charge on any atom is -0.493 e.